The highest BCUT2D eigenvalue weighted by Gasteiger charge is 2.27. The molecule has 0 atom stereocenters. The number of carbonyl (C=O) groups excluding carboxylic acids is 1. The van der Waals surface area contributed by atoms with Crippen molar-refractivity contribution in [3.63, 3.8) is 0 Å². The molecule has 0 aliphatic rings. The van der Waals surface area contributed by atoms with Crippen LogP contribution in [0.25, 0.3) is 0 Å². The van der Waals surface area contributed by atoms with Crippen molar-refractivity contribution in [1.29, 1.82) is 0 Å². The maximum Gasteiger partial charge on any atom is 0.243 e. The van der Waals surface area contributed by atoms with Gasteiger partial charge in [-0.1, -0.05) is 60.6 Å². The van der Waals surface area contributed by atoms with E-state index in [1.165, 1.54) is 4.31 Å². The van der Waals surface area contributed by atoms with E-state index < -0.39 is 15.9 Å². The third kappa shape index (κ3) is 6.17. The minimum atomic E-state index is -3.79. The molecule has 0 unspecified atom stereocenters. The second kappa shape index (κ2) is 9.12. The van der Waals surface area contributed by atoms with Gasteiger partial charge in [-0.2, -0.15) is 9.40 Å². The maximum absolute atomic E-state index is 13.2. The molecule has 0 radical (unpaired) electrons. The Labute approximate surface area is 186 Å². The van der Waals surface area contributed by atoms with Crippen LogP contribution in [0.5, 0.6) is 0 Å². The summed E-state index contributed by atoms with van der Waals surface area (Å²) in [5, 5.41) is 7.24. The van der Waals surface area contributed by atoms with Crippen molar-refractivity contribution >= 4 is 21.7 Å². The molecule has 1 amide bonds. The average molecular weight is 449 g/mol. The Morgan fingerprint density at radius 1 is 1.06 bits per heavy atom. The van der Waals surface area contributed by atoms with E-state index in [1.54, 1.807) is 23.9 Å². The Morgan fingerprint density at radius 3 is 2.10 bits per heavy atom. The van der Waals surface area contributed by atoms with Gasteiger partial charge in [0, 0.05) is 25.1 Å². The summed E-state index contributed by atoms with van der Waals surface area (Å²) in [5.74, 6) is 0.144. The molecule has 31 heavy (non-hydrogen) atoms. The van der Waals surface area contributed by atoms with Gasteiger partial charge in [0.25, 0.3) is 0 Å². The first kappa shape index (κ1) is 25.1. The number of amides is 1. The average Bonchev–Trinajstić information content (AvgIpc) is 3.01. The van der Waals surface area contributed by atoms with E-state index >= 15 is 0 Å². The minimum absolute atomic E-state index is 0.0692. The summed E-state index contributed by atoms with van der Waals surface area (Å²) in [7, 11) is -2.04. The van der Waals surface area contributed by atoms with Crippen LogP contribution < -0.4 is 5.32 Å². The second-order valence-electron chi connectivity index (χ2n) is 9.95. The molecule has 172 valence electrons. The van der Waals surface area contributed by atoms with E-state index in [0.29, 0.717) is 12.2 Å². The number of aromatic nitrogens is 2. The first-order chi connectivity index (χ1) is 14.2. The van der Waals surface area contributed by atoms with Gasteiger partial charge < -0.3 is 5.32 Å². The van der Waals surface area contributed by atoms with Crippen molar-refractivity contribution < 1.29 is 13.2 Å². The lowest BCUT2D eigenvalue weighted by Crippen LogP contribution is -2.38. The van der Waals surface area contributed by atoms with Crippen LogP contribution in [0, 0.1) is 0 Å². The van der Waals surface area contributed by atoms with Crippen molar-refractivity contribution in [3.8, 4) is 0 Å². The SMILES string of the molecule is CCCN(CC(=O)Nc1cc(C(C)(C)C)nn1C)S(=O)(=O)c1ccc(C(C)(C)C)cc1. The molecule has 0 spiro atoms. The van der Waals surface area contributed by atoms with E-state index in [1.807, 2.05) is 45.9 Å². The Kier molecular flexibility index (Phi) is 7.38. The number of carbonyl (C=O) groups is 1. The Hall–Kier alpha value is -2.19. The largest absolute Gasteiger partial charge is 0.310 e. The predicted molar refractivity (Wildman–Crippen MR) is 125 cm³/mol. The predicted octanol–water partition coefficient (Wildman–Crippen LogP) is 4.05. The number of sulfonamides is 1. The van der Waals surface area contributed by atoms with Crippen molar-refractivity contribution in [3.05, 3.63) is 41.6 Å². The standard InChI is InChI=1S/C23H36N4O3S/c1-9-14-27(31(29,30)18-12-10-17(11-13-18)22(2,3)4)16-21(28)24-20-15-19(23(5,6)7)25-26(20)8/h10-13,15H,9,14,16H2,1-8H3,(H,24,28). The van der Waals surface area contributed by atoms with E-state index in [2.05, 4.69) is 31.2 Å². The van der Waals surface area contributed by atoms with Crippen LogP contribution in [0.1, 0.15) is 66.1 Å². The summed E-state index contributed by atoms with van der Waals surface area (Å²) in [4.78, 5) is 12.9. The number of hydrogen-bond acceptors (Lipinski definition) is 4. The number of rotatable bonds is 7. The van der Waals surface area contributed by atoms with Gasteiger partial charge in [-0.15, -0.1) is 0 Å². The van der Waals surface area contributed by atoms with Gasteiger partial charge in [0.15, 0.2) is 0 Å². The molecular weight excluding hydrogens is 412 g/mol. The third-order valence-electron chi connectivity index (χ3n) is 5.07. The Bertz CT molecular complexity index is 1010. The molecule has 1 heterocycles. The molecular formula is C23H36N4O3S. The van der Waals surface area contributed by atoms with E-state index in [-0.39, 0.29) is 28.8 Å². The fourth-order valence-electron chi connectivity index (χ4n) is 3.10. The quantitative estimate of drug-likeness (QED) is 0.692. The smallest absolute Gasteiger partial charge is 0.243 e. The summed E-state index contributed by atoms with van der Waals surface area (Å²) >= 11 is 0. The molecule has 7 nitrogen and oxygen atoms in total. The maximum atomic E-state index is 13.2. The summed E-state index contributed by atoms with van der Waals surface area (Å²) < 4.78 is 29.2. The van der Waals surface area contributed by atoms with Crippen molar-refractivity contribution in [2.24, 2.45) is 7.05 Å². The molecule has 8 heteroatoms. The molecule has 0 saturated carbocycles. The monoisotopic (exact) mass is 448 g/mol. The zero-order valence-electron chi connectivity index (χ0n) is 20.0. The van der Waals surface area contributed by atoms with Gasteiger partial charge in [0.1, 0.15) is 5.82 Å². The van der Waals surface area contributed by atoms with Gasteiger partial charge in [0.2, 0.25) is 15.9 Å². The van der Waals surface area contributed by atoms with E-state index in [0.717, 1.165) is 11.3 Å². The van der Waals surface area contributed by atoms with Crippen LogP contribution in [0.3, 0.4) is 0 Å². The normalized spacial score (nSPS) is 12.9. The van der Waals surface area contributed by atoms with Gasteiger partial charge >= 0.3 is 0 Å². The van der Waals surface area contributed by atoms with Crippen molar-refractivity contribution in [2.45, 2.75) is 70.6 Å². The lowest BCUT2D eigenvalue weighted by atomic mass is 9.87. The molecule has 0 aliphatic heterocycles. The lowest BCUT2D eigenvalue weighted by Gasteiger charge is -2.23. The molecule has 1 N–H and O–H groups in total. The van der Waals surface area contributed by atoms with E-state index in [4.69, 9.17) is 0 Å². The first-order valence-corrected chi connectivity index (χ1v) is 12.1. The molecule has 2 aromatic rings. The van der Waals surface area contributed by atoms with Crippen molar-refractivity contribution in [1.82, 2.24) is 14.1 Å². The van der Waals surface area contributed by atoms with Gasteiger partial charge in [-0.3, -0.25) is 9.48 Å². The fourth-order valence-corrected chi connectivity index (χ4v) is 4.59. The minimum Gasteiger partial charge on any atom is -0.310 e. The van der Waals surface area contributed by atoms with E-state index in [9.17, 15) is 13.2 Å². The summed E-state index contributed by atoms with van der Waals surface area (Å²) in [6, 6.07) is 8.73. The topological polar surface area (TPSA) is 84.3 Å². The Balaban J connectivity index is 2.21. The number of nitrogens with zero attached hydrogens (tertiary/aromatic N) is 3. The molecule has 0 aliphatic carbocycles. The number of hydrogen-bond donors (Lipinski definition) is 1. The zero-order chi connectivity index (χ0) is 23.6. The fraction of sp³-hybridized carbons (Fsp3) is 0.565. The van der Waals surface area contributed by atoms with Gasteiger partial charge in [-0.05, 0) is 29.5 Å². The van der Waals surface area contributed by atoms with Crippen LogP contribution in [-0.4, -0.2) is 41.5 Å². The molecule has 2 rings (SSSR count). The lowest BCUT2D eigenvalue weighted by molar-refractivity contribution is -0.116. The van der Waals surface area contributed by atoms with Crippen LogP contribution in [0.15, 0.2) is 35.2 Å². The molecule has 0 bridgehead atoms. The highest BCUT2D eigenvalue weighted by Crippen LogP contribution is 2.25. The third-order valence-corrected chi connectivity index (χ3v) is 6.93. The summed E-state index contributed by atoms with van der Waals surface area (Å²) in [6.07, 6.45) is 0.604. The van der Waals surface area contributed by atoms with Crippen molar-refractivity contribution in [2.75, 3.05) is 18.4 Å². The number of benzene rings is 1. The number of aryl methyl sites for hydroxylation is 1. The van der Waals surface area contributed by atoms with Crippen LogP contribution in [-0.2, 0) is 32.7 Å². The number of anilines is 1. The highest BCUT2D eigenvalue weighted by atomic mass is 32.2. The van der Waals surface area contributed by atoms with Crippen LogP contribution in [0.4, 0.5) is 5.82 Å². The molecule has 1 aromatic heterocycles. The van der Waals surface area contributed by atoms with Gasteiger partial charge in [-0.25, -0.2) is 8.42 Å². The zero-order valence-corrected chi connectivity index (χ0v) is 20.8. The highest BCUT2D eigenvalue weighted by molar-refractivity contribution is 7.89. The first-order valence-electron chi connectivity index (χ1n) is 10.6. The van der Waals surface area contributed by atoms with Crippen LogP contribution in [0.2, 0.25) is 0 Å². The molecule has 0 saturated heterocycles. The molecule has 0 fully saturated rings. The van der Waals surface area contributed by atoms with Gasteiger partial charge in [0.05, 0.1) is 17.1 Å². The summed E-state index contributed by atoms with van der Waals surface area (Å²) in [6.45, 7) is 14.3. The second-order valence-corrected chi connectivity index (χ2v) is 11.9. The van der Waals surface area contributed by atoms with Crippen LogP contribution >= 0.6 is 0 Å². The number of nitrogens with one attached hydrogen (secondary N) is 1. The Morgan fingerprint density at radius 2 is 1.65 bits per heavy atom. The molecule has 1 aromatic carbocycles. The summed E-state index contributed by atoms with van der Waals surface area (Å²) in [5.41, 5.74) is 1.68.